The quantitative estimate of drug-likeness (QED) is 0.766. The van der Waals surface area contributed by atoms with Crippen molar-refractivity contribution in [2.75, 3.05) is 26.2 Å². The van der Waals surface area contributed by atoms with Gasteiger partial charge in [0.2, 0.25) is 0 Å². The molecular weight excluding hydrogens is 226 g/mol. The second kappa shape index (κ2) is 6.55. The summed E-state index contributed by atoms with van der Waals surface area (Å²) < 4.78 is 5.29. The van der Waals surface area contributed by atoms with Crippen molar-refractivity contribution >= 4 is 5.97 Å². The fourth-order valence-electron chi connectivity index (χ4n) is 2.22. The maximum Gasteiger partial charge on any atom is 0.338 e. The Bertz CT molecular complexity index is 380. The first-order valence-electron chi connectivity index (χ1n) is 6.72. The molecule has 2 rings (SSSR count). The molecule has 1 aromatic rings. The fraction of sp³-hybridized carbons (Fsp3) is 0.533. The lowest BCUT2D eigenvalue weighted by Crippen LogP contribution is -2.33. The number of carbonyl (C=O) groups excluding carboxylic acids is 1. The van der Waals surface area contributed by atoms with E-state index in [4.69, 9.17) is 4.74 Å². The van der Waals surface area contributed by atoms with Crippen LogP contribution in [0.5, 0.6) is 0 Å². The SMILES string of the molecule is Cc1ccc(C(=O)OCCN2CCCCC2)cc1. The number of ether oxygens (including phenoxy) is 1. The van der Waals surface area contributed by atoms with E-state index in [9.17, 15) is 4.79 Å². The number of hydrogen-bond donors (Lipinski definition) is 0. The summed E-state index contributed by atoms with van der Waals surface area (Å²) in [4.78, 5) is 14.1. The molecule has 0 radical (unpaired) electrons. The van der Waals surface area contributed by atoms with Gasteiger partial charge < -0.3 is 4.74 Å². The van der Waals surface area contributed by atoms with Gasteiger partial charge in [0.15, 0.2) is 0 Å². The monoisotopic (exact) mass is 247 g/mol. The van der Waals surface area contributed by atoms with Crippen LogP contribution in [0.15, 0.2) is 24.3 Å². The number of carbonyl (C=O) groups is 1. The zero-order valence-corrected chi connectivity index (χ0v) is 11.0. The van der Waals surface area contributed by atoms with Crippen molar-refractivity contribution < 1.29 is 9.53 Å². The zero-order chi connectivity index (χ0) is 12.8. The van der Waals surface area contributed by atoms with Crippen LogP contribution in [0.1, 0.15) is 35.2 Å². The molecule has 1 aromatic carbocycles. The van der Waals surface area contributed by atoms with E-state index in [1.807, 2.05) is 31.2 Å². The molecule has 1 saturated heterocycles. The van der Waals surface area contributed by atoms with Crippen molar-refractivity contribution in [2.45, 2.75) is 26.2 Å². The normalized spacial score (nSPS) is 16.5. The number of piperidine rings is 1. The second-order valence-corrected chi connectivity index (χ2v) is 4.90. The third-order valence-corrected chi connectivity index (χ3v) is 3.38. The summed E-state index contributed by atoms with van der Waals surface area (Å²) in [5.41, 5.74) is 1.79. The Morgan fingerprint density at radius 3 is 2.50 bits per heavy atom. The molecule has 0 aliphatic carbocycles. The standard InChI is InChI=1S/C15H21NO2/c1-13-5-7-14(8-6-13)15(17)18-12-11-16-9-3-2-4-10-16/h5-8H,2-4,9-12H2,1H3. The lowest BCUT2D eigenvalue weighted by atomic mass is 10.1. The summed E-state index contributed by atoms with van der Waals surface area (Å²) >= 11 is 0. The number of nitrogens with zero attached hydrogens (tertiary/aromatic N) is 1. The molecule has 18 heavy (non-hydrogen) atoms. The molecule has 0 bridgehead atoms. The molecule has 1 heterocycles. The summed E-state index contributed by atoms with van der Waals surface area (Å²) in [6.07, 6.45) is 3.87. The van der Waals surface area contributed by atoms with Crippen molar-refractivity contribution in [2.24, 2.45) is 0 Å². The molecule has 1 aliphatic heterocycles. The summed E-state index contributed by atoms with van der Waals surface area (Å²) in [5.74, 6) is -0.216. The summed E-state index contributed by atoms with van der Waals surface area (Å²) in [7, 11) is 0. The van der Waals surface area contributed by atoms with Gasteiger partial charge in [-0.15, -0.1) is 0 Å². The van der Waals surface area contributed by atoms with Crippen molar-refractivity contribution in [3.05, 3.63) is 35.4 Å². The first-order valence-corrected chi connectivity index (χ1v) is 6.72. The molecule has 98 valence electrons. The average Bonchev–Trinajstić information content (AvgIpc) is 2.40. The summed E-state index contributed by atoms with van der Waals surface area (Å²) in [6, 6.07) is 7.50. The third-order valence-electron chi connectivity index (χ3n) is 3.38. The van der Waals surface area contributed by atoms with Gasteiger partial charge in [-0.05, 0) is 45.0 Å². The number of likely N-dealkylation sites (tertiary alicyclic amines) is 1. The van der Waals surface area contributed by atoms with E-state index < -0.39 is 0 Å². The van der Waals surface area contributed by atoms with Crippen molar-refractivity contribution in [1.82, 2.24) is 4.90 Å². The van der Waals surface area contributed by atoms with Gasteiger partial charge in [-0.2, -0.15) is 0 Å². The first-order chi connectivity index (χ1) is 8.75. The predicted molar refractivity (Wildman–Crippen MR) is 71.8 cm³/mol. The van der Waals surface area contributed by atoms with Gasteiger partial charge in [0.05, 0.1) is 5.56 Å². The fourth-order valence-corrected chi connectivity index (χ4v) is 2.22. The number of aryl methyl sites for hydroxylation is 1. The lowest BCUT2D eigenvalue weighted by Gasteiger charge is -2.25. The highest BCUT2D eigenvalue weighted by Crippen LogP contribution is 2.08. The maximum absolute atomic E-state index is 11.8. The highest BCUT2D eigenvalue weighted by Gasteiger charge is 2.11. The van der Waals surface area contributed by atoms with E-state index >= 15 is 0 Å². The minimum Gasteiger partial charge on any atom is -0.461 e. The molecule has 3 nitrogen and oxygen atoms in total. The lowest BCUT2D eigenvalue weighted by molar-refractivity contribution is 0.0452. The molecule has 0 amide bonds. The molecule has 3 heteroatoms. The van der Waals surface area contributed by atoms with Gasteiger partial charge in [-0.25, -0.2) is 4.79 Å². The van der Waals surface area contributed by atoms with Crippen molar-refractivity contribution in [3.8, 4) is 0 Å². The maximum atomic E-state index is 11.8. The van der Waals surface area contributed by atoms with Gasteiger partial charge in [-0.3, -0.25) is 4.90 Å². The van der Waals surface area contributed by atoms with Crippen LogP contribution < -0.4 is 0 Å². The van der Waals surface area contributed by atoms with Crippen LogP contribution in [0.2, 0.25) is 0 Å². The average molecular weight is 247 g/mol. The van der Waals surface area contributed by atoms with Crippen LogP contribution in [-0.4, -0.2) is 37.1 Å². The van der Waals surface area contributed by atoms with E-state index in [-0.39, 0.29) is 5.97 Å². The number of benzene rings is 1. The van der Waals surface area contributed by atoms with E-state index in [0.717, 1.165) is 25.2 Å². The summed E-state index contributed by atoms with van der Waals surface area (Å²) in [6.45, 7) is 5.64. The van der Waals surface area contributed by atoms with E-state index in [2.05, 4.69) is 4.90 Å². The Labute approximate surface area is 109 Å². The van der Waals surface area contributed by atoms with E-state index in [1.54, 1.807) is 0 Å². The third kappa shape index (κ3) is 3.84. The minimum atomic E-state index is -0.216. The topological polar surface area (TPSA) is 29.5 Å². The zero-order valence-electron chi connectivity index (χ0n) is 11.0. The Kier molecular flexibility index (Phi) is 4.76. The first kappa shape index (κ1) is 13.1. The van der Waals surface area contributed by atoms with E-state index in [1.165, 1.54) is 19.3 Å². The Balaban J connectivity index is 1.72. The Morgan fingerprint density at radius 1 is 1.17 bits per heavy atom. The van der Waals surface area contributed by atoms with Crippen LogP contribution >= 0.6 is 0 Å². The van der Waals surface area contributed by atoms with Crippen LogP contribution in [0.4, 0.5) is 0 Å². The highest BCUT2D eigenvalue weighted by atomic mass is 16.5. The summed E-state index contributed by atoms with van der Waals surface area (Å²) in [5, 5.41) is 0. The molecule has 0 saturated carbocycles. The van der Waals surface area contributed by atoms with Crippen LogP contribution in [0.3, 0.4) is 0 Å². The Hall–Kier alpha value is -1.35. The molecule has 0 atom stereocenters. The molecule has 1 aliphatic rings. The molecule has 0 aromatic heterocycles. The predicted octanol–water partition coefficient (Wildman–Crippen LogP) is 2.64. The van der Waals surface area contributed by atoms with Crippen molar-refractivity contribution in [3.63, 3.8) is 0 Å². The van der Waals surface area contributed by atoms with Gasteiger partial charge >= 0.3 is 5.97 Å². The van der Waals surface area contributed by atoms with Gasteiger partial charge in [0.1, 0.15) is 6.61 Å². The van der Waals surface area contributed by atoms with Crippen LogP contribution in [-0.2, 0) is 4.74 Å². The largest absolute Gasteiger partial charge is 0.461 e. The van der Waals surface area contributed by atoms with E-state index in [0.29, 0.717) is 12.2 Å². The molecule has 0 N–H and O–H groups in total. The minimum absolute atomic E-state index is 0.216. The molecule has 1 fully saturated rings. The molecule has 0 unspecified atom stereocenters. The van der Waals surface area contributed by atoms with Gasteiger partial charge in [0, 0.05) is 6.54 Å². The van der Waals surface area contributed by atoms with Crippen LogP contribution in [0, 0.1) is 6.92 Å². The number of esters is 1. The van der Waals surface area contributed by atoms with Crippen LogP contribution in [0.25, 0.3) is 0 Å². The molecular formula is C15H21NO2. The van der Waals surface area contributed by atoms with Gasteiger partial charge in [0.25, 0.3) is 0 Å². The van der Waals surface area contributed by atoms with Crippen molar-refractivity contribution in [1.29, 1.82) is 0 Å². The number of hydrogen-bond acceptors (Lipinski definition) is 3. The van der Waals surface area contributed by atoms with Gasteiger partial charge in [-0.1, -0.05) is 24.1 Å². The molecule has 0 spiro atoms. The second-order valence-electron chi connectivity index (χ2n) is 4.90. The Morgan fingerprint density at radius 2 is 1.83 bits per heavy atom. The number of rotatable bonds is 4. The smallest absolute Gasteiger partial charge is 0.338 e. The highest BCUT2D eigenvalue weighted by molar-refractivity contribution is 5.89.